The molecule has 1 atom stereocenters. The molecule has 1 unspecified atom stereocenters. The second kappa shape index (κ2) is 8.01. The Morgan fingerprint density at radius 3 is 2.58 bits per heavy atom. The summed E-state index contributed by atoms with van der Waals surface area (Å²) in [5.41, 5.74) is 0.802. The topological polar surface area (TPSA) is 72.5 Å². The van der Waals surface area contributed by atoms with Crippen LogP contribution in [0.5, 0.6) is 0 Å². The zero-order valence-corrected chi connectivity index (χ0v) is 16.8. The van der Waals surface area contributed by atoms with Crippen LogP contribution in [-0.2, 0) is 16.8 Å². The lowest BCUT2D eigenvalue weighted by molar-refractivity contribution is -0.134. The van der Waals surface area contributed by atoms with Crippen molar-refractivity contribution in [2.24, 2.45) is 0 Å². The van der Waals surface area contributed by atoms with Gasteiger partial charge in [-0.1, -0.05) is 41.0 Å². The third-order valence-corrected chi connectivity index (χ3v) is 4.72. The molecule has 7 heteroatoms. The first kappa shape index (κ1) is 20.1. The summed E-state index contributed by atoms with van der Waals surface area (Å²) in [6.45, 7) is 13.0. The minimum atomic E-state index is -0.335. The SMILES string of the molecule is CCCCN(C(=O)Cn1cnc2cc(C(C)(C)C)nn2c1=O)C(C)CC. The quantitative estimate of drug-likeness (QED) is 0.760. The average molecular weight is 361 g/mol. The number of amides is 1. The summed E-state index contributed by atoms with van der Waals surface area (Å²) in [4.78, 5) is 31.7. The van der Waals surface area contributed by atoms with Gasteiger partial charge in [-0.25, -0.2) is 9.78 Å². The van der Waals surface area contributed by atoms with E-state index in [0.29, 0.717) is 12.2 Å². The average Bonchev–Trinajstić information content (AvgIpc) is 3.03. The summed E-state index contributed by atoms with van der Waals surface area (Å²) in [6.07, 6.45) is 4.31. The van der Waals surface area contributed by atoms with Crippen LogP contribution in [0.15, 0.2) is 17.2 Å². The molecular weight excluding hydrogens is 330 g/mol. The van der Waals surface area contributed by atoms with Crippen molar-refractivity contribution in [1.82, 2.24) is 24.1 Å². The number of aromatic nitrogens is 4. The van der Waals surface area contributed by atoms with Crippen LogP contribution in [0, 0.1) is 0 Å². The molecule has 0 radical (unpaired) electrons. The molecule has 2 aromatic rings. The molecule has 0 aliphatic carbocycles. The van der Waals surface area contributed by atoms with Crippen molar-refractivity contribution in [3.63, 3.8) is 0 Å². The van der Waals surface area contributed by atoms with Gasteiger partial charge in [0, 0.05) is 24.1 Å². The fourth-order valence-electron chi connectivity index (χ4n) is 2.76. The Morgan fingerprint density at radius 1 is 1.31 bits per heavy atom. The van der Waals surface area contributed by atoms with Crippen LogP contribution in [0.2, 0.25) is 0 Å². The summed E-state index contributed by atoms with van der Waals surface area (Å²) in [5, 5.41) is 4.39. The fourth-order valence-corrected chi connectivity index (χ4v) is 2.76. The molecule has 26 heavy (non-hydrogen) atoms. The van der Waals surface area contributed by atoms with E-state index in [-0.39, 0.29) is 29.6 Å². The first-order valence-electron chi connectivity index (χ1n) is 9.44. The Bertz CT molecular complexity index is 815. The lowest BCUT2D eigenvalue weighted by Gasteiger charge is -2.28. The maximum Gasteiger partial charge on any atom is 0.352 e. The van der Waals surface area contributed by atoms with Crippen LogP contribution in [-0.4, -0.2) is 42.6 Å². The van der Waals surface area contributed by atoms with E-state index < -0.39 is 0 Å². The van der Waals surface area contributed by atoms with Gasteiger partial charge in [0.25, 0.3) is 0 Å². The van der Waals surface area contributed by atoms with E-state index in [2.05, 4.69) is 23.9 Å². The Hall–Kier alpha value is -2.18. The van der Waals surface area contributed by atoms with Crippen LogP contribution < -0.4 is 5.69 Å². The molecule has 0 fully saturated rings. The predicted octanol–water partition coefficient (Wildman–Crippen LogP) is 2.62. The summed E-state index contributed by atoms with van der Waals surface area (Å²) >= 11 is 0. The first-order chi connectivity index (χ1) is 12.2. The Balaban J connectivity index is 2.30. The van der Waals surface area contributed by atoms with Gasteiger partial charge in [-0.3, -0.25) is 9.36 Å². The zero-order valence-electron chi connectivity index (χ0n) is 16.8. The molecule has 0 spiro atoms. The Morgan fingerprint density at radius 2 is 2.00 bits per heavy atom. The third-order valence-electron chi connectivity index (χ3n) is 4.72. The molecular formula is C19H31N5O2. The van der Waals surface area contributed by atoms with Crippen molar-refractivity contribution < 1.29 is 4.79 Å². The number of unbranched alkanes of at least 4 members (excludes halogenated alkanes) is 1. The van der Waals surface area contributed by atoms with E-state index in [1.807, 2.05) is 38.7 Å². The molecule has 144 valence electrons. The van der Waals surface area contributed by atoms with Gasteiger partial charge in [-0.05, 0) is 19.8 Å². The van der Waals surface area contributed by atoms with E-state index in [1.165, 1.54) is 15.4 Å². The normalized spacial score (nSPS) is 13.2. The standard InChI is InChI=1S/C19H31N5O2/c1-7-9-10-23(14(3)8-2)17(25)12-22-13-20-16-11-15(19(4,5)6)21-24(16)18(22)26/h11,13-14H,7-10,12H2,1-6H3. The van der Waals surface area contributed by atoms with Gasteiger partial charge < -0.3 is 4.90 Å². The monoisotopic (exact) mass is 361 g/mol. The molecule has 2 aromatic heterocycles. The highest BCUT2D eigenvalue weighted by molar-refractivity contribution is 5.76. The fraction of sp³-hybridized carbons (Fsp3) is 0.684. The second-order valence-electron chi connectivity index (χ2n) is 7.90. The summed E-state index contributed by atoms with van der Waals surface area (Å²) in [5.74, 6) is -0.0562. The maximum atomic E-state index is 12.8. The summed E-state index contributed by atoms with van der Waals surface area (Å²) in [7, 11) is 0. The molecule has 0 aromatic carbocycles. The minimum Gasteiger partial charge on any atom is -0.338 e. The van der Waals surface area contributed by atoms with Crippen molar-refractivity contribution in [2.75, 3.05) is 6.54 Å². The first-order valence-corrected chi connectivity index (χ1v) is 9.44. The molecule has 0 bridgehead atoms. The maximum absolute atomic E-state index is 12.8. The van der Waals surface area contributed by atoms with Crippen LogP contribution >= 0.6 is 0 Å². The van der Waals surface area contributed by atoms with E-state index in [0.717, 1.165) is 25.0 Å². The predicted molar refractivity (Wildman–Crippen MR) is 102 cm³/mol. The van der Waals surface area contributed by atoms with Crippen molar-refractivity contribution in [1.29, 1.82) is 0 Å². The van der Waals surface area contributed by atoms with Crippen molar-refractivity contribution >= 4 is 11.6 Å². The van der Waals surface area contributed by atoms with E-state index in [4.69, 9.17) is 0 Å². The van der Waals surface area contributed by atoms with E-state index in [9.17, 15) is 9.59 Å². The highest BCUT2D eigenvalue weighted by Gasteiger charge is 2.22. The number of carbonyl (C=O) groups is 1. The molecule has 0 saturated carbocycles. The molecule has 0 aliphatic rings. The van der Waals surface area contributed by atoms with Gasteiger partial charge in [0.15, 0.2) is 5.65 Å². The summed E-state index contributed by atoms with van der Waals surface area (Å²) in [6, 6.07) is 1.97. The molecule has 1 amide bonds. The lowest BCUT2D eigenvalue weighted by atomic mass is 9.93. The molecule has 0 N–H and O–H groups in total. The molecule has 0 aliphatic heterocycles. The highest BCUT2D eigenvalue weighted by Crippen LogP contribution is 2.20. The van der Waals surface area contributed by atoms with Crippen LogP contribution in [0.1, 0.15) is 66.5 Å². The van der Waals surface area contributed by atoms with Crippen LogP contribution in [0.4, 0.5) is 0 Å². The molecule has 2 rings (SSSR count). The van der Waals surface area contributed by atoms with Crippen LogP contribution in [0.3, 0.4) is 0 Å². The van der Waals surface area contributed by atoms with Crippen LogP contribution in [0.25, 0.3) is 5.65 Å². The van der Waals surface area contributed by atoms with Gasteiger partial charge in [0.05, 0.1) is 5.69 Å². The number of hydrogen-bond donors (Lipinski definition) is 0. The van der Waals surface area contributed by atoms with E-state index >= 15 is 0 Å². The van der Waals surface area contributed by atoms with Crippen molar-refractivity contribution in [3.05, 3.63) is 28.6 Å². The molecule has 0 saturated heterocycles. The number of fused-ring (bicyclic) bond motifs is 1. The van der Waals surface area contributed by atoms with Crippen molar-refractivity contribution in [3.8, 4) is 0 Å². The van der Waals surface area contributed by atoms with Gasteiger partial charge in [0.2, 0.25) is 5.91 Å². The highest BCUT2D eigenvalue weighted by atomic mass is 16.2. The van der Waals surface area contributed by atoms with E-state index in [1.54, 1.807) is 0 Å². The Labute approximate surface area is 155 Å². The summed E-state index contributed by atoms with van der Waals surface area (Å²) < 4.78 is 2.63. The van der Waals surface area contributed by atoms with Gasteiger partial charge in [-0.15, -0.1) is 0 Å². The van der Waals surface area contributed by atoms with Crippen molar-refractivity contribution in [2.45, 2.75) is 78.8 Å². The minimum absolute atomic E-state index is 0.0134. The number of nitrogens with zero attached hydrogens (tertiary/aromatic N) is 5. The molecule has 2 heterocycles. The largest absolute Gasteiger partial charge is 0.352 e. The van der Waals surface area contributed by atoms with Gasteiger partial charge in [-0.2, -0.15) is 9.61 Å². The zero-order chi connectivity index (χ0) is 19.5. The Kier molecular flexibility index (Phi) is 6.21. The van der Waals surface area contributed by atoms with Gasteiger partial charge in [0.1, 0.15) is 12.9 Å². The number of rotatable bonds is 7. The molecule has 7 nitrogen and oxygen atoms in total. The third kappa shape index (κ3) is 4.31. The lowest BCUT2D eigenvalue weighted by Crippen LogP contribution is -2.43. The number of carbonyl (C=O) groups excluding carboxylic acids is 1. The number of hydrogen-bond acceptors (Lipinski definition) is 4. The van der Waals surface area contributed by atoms with Gasteiger partial charge >= 0.3 is 5.69 Å². The smallest absolute Gasteiger partial charge is 0.338 e. The second-order valence-corrected chi connectivity index (χ2v) is 7.90.